The number of nitrogens with two attached hydrogens (primary N) is 1. The van der Waals surface area contributed by atoms with Gasteiger partial charge in [0.15, 0.2) is 0 Å². The van der Waals surface area contributed by atoms with E-state index in [1.807, 2.05) is 19.1 Å². The molecule has 0 aromatic heterocycles. The standard InChI is InChI=1S/C16H25N3O/c1-13(17)18-12-16(19-10-4-3-5-11-19)14-6-8-15(20-2)9-7-14/h6-9,16H,3-5,10-12H2,1-2H3,(H2,17,18)/t16-/m1/s1. The van der Waals surface area contributed by atoms with Gasteiger partial charge in [0.25, 0.3) is 0 Å². The van der Waals surface area contributed by atoms with Crippen LogP contribution < -0.4 is 10.5 Å². The number of methoxy groups -OCH3 is 1. The van der Waals surface area contributed by atoms with Gasteiger partial charge >= 0.3 is 0 Å². The Hall–Kier alpha value is -1.55. The van der Waals surface area contributed by atoms with Gasteiger partial charge in [-0.15, -0.1) is 0 Å². The summed E-state index contributed by atoms with van der Waals surface area (Å²) in [6, 6.07) is 8.63. The SMILES string of the molecule is COc1ccc([C@@H](CN=C(C)N)N2CCCCC2)cc1. The van der Waals surface area contributed by atoms with E-state index in [4.69, 9.17) is 10.5 Å². The molecular weight excluding hydrogens is 250 g/mol. The maximum atomic E-state index is 5.71. The molecule has 0 aliphatic carbocycles. The van der Waals surface area contributed by atoms with Crippen molar-refractivity contribution >= 4 is 5.84 Å². The maximum Gasteiger partial charge on any atom is 0.118 e. The number of hydrogen-bond donors (Lipinski definition) is 1. The fraction of sp³-hybridized carbons (Fsp3) is 0.562. The fourth-order valence-electron chi connectivity index (χ4n) is 2.72. The molecule has 2 rings (SSSR count). The first-order valence-electron chi connectivity index (χ1n) is 7.35. The van der Waals surface area contributed by atoms with Crippen LogP contribution in [-0.2, 0) is 0 Å². The molecule has 1 aromatic rings. The zero-order chi connectivity index (χ0) is 14.4. The van der Waals surface area contributed by atoms with Crippen molar-refractivity contribution in [2.24, 2.45) is 10.7 Å². The van der Waals surface area contributed by atoms with Crippen LogP contribution in [0, 0.1) is 0 Å². The Kier molecular flexibility index (Phi) is 5.41. The quantitative estimate of drug-likeness (QED) is 0.664. The minimum atomic E-state index is 0.319. The van der Waals surface area contributed by atoms with Crippen LogP contribution in [0.5, 0.6) is 5.75 Å². The molecule has 0 bridgehead atoms. The Morgan fingerprint density at radius 1 is 1.25 bits per heavy atom. The molecule has 1 atom stereocenters. The zero-order valence-corrected chi connectivity index (χ0v) is 12.5. The van der Waals surface area contributed by atoms with Gasteiger partial charge in [0, 0.05) is 0 Å². The van der Waals surface area contributed by atoms with E-state index in [1.54, 1.807) is 7.11 Å². The summed E-state index contributed by atoms with van der Waals surface area (Å²) in [5.74, 6) is 1.55. The molecule has 1 aliphatic rings. The van der Waals surface area contributed by atoms with E-state index >= 15 is 0 Å². The third-order valence-corrected chi connectivity index (χ3v) is 3.85. The summed E-state index contributed by atoms with van der Waals surface area (Å²) in [6.07, 6.45) is 3.89. The first-order valence-corrected chi connectivity index (χ1v) is 7.35. The van der Waals surface area contributed by atoms with Gasteiger partial charge in [-0.05, 0) is 50.6 Å². The Bertz CT molecular complexity index is 432. The summed E-state index contributed by atoms with van der Waals surface area (Å²) in [5.41, 5.74) is 6.99. The second-order valence-electron chi connectivity index (χ2n) is 5.37. The van der Waals surface area contributed by atoms with Crippen LogP contribution in [0.1, 0.15) is 37.8 Å². The van der Waals surface area contributed by atoms with Crippen molar-refractivity contribution in [1.82, 2.24) is 4.90 Å². The molecule has 0 saturated carbocycles. The normalized spacial score (nSPS) is 18.8. The second kappa shape index (κ2) is 7.29. The summed E-state index contributed by atoms with van der Waals surface area (Å²) in [4.78, 5) is 6.97. The van der Waals surface area contributed by atoms with Crippen LogP contribution in [0.4, 0.5) is 0 Å². The Labute approximate surface area is 121 Å². The summed E-state index contributed by atoms with van der Waals surface area (Å²) < 4.78 is 5.23. The number of likely N-dealkylation sites (tertiary alicyclic amines) is 1. The number of piperidine rings is 1. The van der Waals surface area contributed by atoms with Crippen molar-refractivity contribution in [1.29, 1.82) is 0 Å². The van der Waals surface area contributed by atoms with Crippen molar-refractivity contribution in [3.63, 3.8) is 0 Å². The molecule has 20 heavy (non-hydrogen) atoms. The summed E-state index contributed by atoms with van der Waals surface area (Å²) in [5, 5.41) is 0. The van der Waals surface area contributed by atoms with E-state index in [1.165, 1.54) is 24.8 Å². The zero-order valence-electron chi connectivity index (χ0n) is 12.5. The molecule has 1 heterocycles. The van der Waals surface area contributed by atoms with E-state index in [2.05, 4.69) is 22.0 Å². The third-order valence-electron chi connectivity index (χ3n) is 3.85. The smallest absolute Gasteiger partial charge is 0.118 e. The largest absolute Gasteiger partial charge is 0.497 e. The molecule has 1 fully saturated rings. The lowest BCUT2D eigenvalue weighted by Gasteiger charge is -2.34. The molecule has 0 spiro atoms. The molecule has 4 heteroatoms. The monoisotopic (exact) mass is 275 g/mol. The molecule has 1 saturated heterocycles. The molecule has 4 nitrogen and oxygen atoms in total. The number of ether oxygens (including phenoxy) is 1. The third kappa shape index (κ3) is 3.97. The van der Waals surface area contributed by atoms with E-state index < -0.39 is 0 Å². The van der Waals surface area contributed by atoms with Crippen LogP contribution in [0.25, 0.3) is 0 Å². The van der Waals surface area contributed by atoms with Gasteiger partial charge in [0.2, 0.25) is 0 Å². The molecule has 110 valence electrons. The van der Waals surface area contributed by atoms with Gasteiger partial charge in [-0.1, -0.05) is 18.6 Å². The van der Waals surface area contributed by atoms with Gasteiger partial charge in [0.05, 0.1) is 25.5 Å². The summed E-state index contributed by atoms with van der Waals surface area (Å²) >= 11 is 0. The first-order chi connectivity index (χ1) is 9.70. The lowest BCUT2D eigenvalue weighted by molar-refractivity contribution is 0.168. The lowest BCUT2D eigenvalue weighted by atomic mass is 10.0. The summed E-state index contributed by atoms with van der Waals surface area (Å²) in [6.45, 7) is 4.88. The summed E-state index contributed by atoms with van der Waals surface area (Å²) in [7, 11) is 1.69. The van der Waals surface area contributed by atoms with Gasteiger partial charge < -0.3 is 10.5 Å². The second-order valence-corrected chi connectivity index (χ2v) is 5.37. The molecule has 0 amide bonds. The predicted molar refractivity (Wildman–Crippen MR) is 83.3 cm³/mol. The van der Waals surface area contributed by atoms with Crippen LogP contribution in [0.3, 0.4) is 0 Å². The van der Waals surface area contributed by atoms with Gasteiger partial charge in [-0.2, -0.15) is 0 Å². The van der Waals surface area contributed by atoms with Gasteiger partial charge in [-0.3, -0.25) is 9.89 Å². The van der Waals surface area contributed by atoms with Crippen molar-refractivity contribution in [3.8, 4) is 5.75 Å². The van der Waals surface area contributed by atoms with Crippen LogP contribution in [0.2, 0.25) is 0 Å². The highest BCUT2D eigenvalue weighted by atomic mass is 16.5. The molecule has 1 aromatic carbocycles. The van der Waals surface area contributed by atoms with Crippen molar-refractivity contribution in [2.45, 2.75) is 32.2 Å². The van der Waals surface area contributed by atoms with Crippen LogP contribution >= 0.6 is 0 Å². The number of benzene rings is 1. The molecule has 2 N–H and O–H groups in total. The minimum absolute atomic E-state index is 0.319. The van der Waals surface area contributed by atoms with Crippen molar-refractivity contribution in [2.75, 3.05) is 26.7 Å². The van der Waals surface area contributed by atoms with E-state index in [-0.39, 0.29) is 0 Å². The molecule has 0 radical (unpaired) electrons. The number of nitrogens with zero attached hydrogens (tertiary/aromatic N) is 2. The fourth-order valence-corrected chi connectivity index (χ4v) is 2.72. The van der Waals surface area contributed by atoms with Crippen molar-refractivity contribution < 1.29 is 4.74 Å². The predicted octanol–water partition coefficient (Wildman–Crippen LogP) is 2.60. The average Bonchev–Trinajstić information content (AvgIpc) is 2.49. The van der Waals surface area contributed by atoms with E-state index in [9.17, 15) is 0 Å². The van der Waals surface area contributed by atoms with Gasteiger partial charge in [-0.25, -0.2) is 0 Å². The number of rotatable bonds is 5. The molecule has 0 unspecified atom stereocenters. The minimum Gasteiger partial charge on any atom is -0.497 e. The number of amidine groups is 1. The Morgan fingerprint density at radius 3 is 2.45 bits per heavy atom. The highest BCUT2D eigenvalue weighted by Gasteiger charge is 2.22. The lowest BCUT2D eigenvalue weighted by Crippen LogP contribution is -2.35. The number of hydrogen-bond acceptors (Lipinski definition) is 3. The topological polar surface area (TPSA) is 50.9 Å². The van der Waals surface area contributed by atoms with Crippen molar-refractivity contribution in [3.05, 3.63) is 29.8 Å². The van der Waals surface area contributed by atoms with Gasteiger partial charge in [0.1, 0.15) is 5.75 Å². The van der Waals surface area contributed by atoms with Crippen LogP contribution in [-0.4, -0.2) is 37.5 Å². The highest BCUT2D eigenvalue weighted by molar-refractivity contribution is 5.77. The Balaban J connectivity index is 2.16. The van der Waals surface area contributed by atoms with E-state index in [0.29, 0.717) is 11.9 Å². The van der Waals surface area contributed by atoms with Crippen LogP contribution in [0.15, 0.2) is 29.3 Å². The maximum absolute atomic E-state index is 5.71. The number of aliphatic imine (C=N–C) groups is 1. The Morgan fingerprint density at radius 2 is 1.90 bits per heavy atom. The molecule has 1 aliphatic heterocycles. The average molecular weight is 275 g/mol. The van der Waals surface area contributed by atoms with E-state index in [0.717, 1.165) is 25.4 Å². The first kappa shape index (κ1) is 14.9. The highest BCUT2D eigenvalue weighted by Crippen LogP contribution is 2.26. The molecular formula is C16H25N3O.